The maximum atomic E-state index is 5.81. The molecule has 2 aromatic rings. The summed E-state index contributed by atoms with van der Waals surface area (Å²) in [5, 5.41) is 3.89. The van der Waals surface area contributed by atoms with Crippen LogP contribution in [0.2, 0.25) is 5.02 Å². The summed E-state index contributed by atoms with van der Waals surface area (Å²) in [7, 11) is 0. The van der Waals surface area contributed by atoms with Gasteiger partial charge in [0.1, 0.15) is 0 Å². The van der Waals surface area contributed by atoms with Gasteiger partial charge >= 0.3 is 0 Å². The monoisotopic (exact) mass is 221 g/mol. The number of anilines is 2. The first kappa shape index (κ1) is 9.93. The highest BCUT2D eigenvalue weighted by atomic mass is 35.5. The zero-order chi connectivity index (χ0) is 10.7. The van der Waals surface area contributed by atoms with Crippen molar-refractivity contribution in [2.45, 2.75) is 6.54 Å². The van der Waals surface area contributed by atoms with Crippen molar-refractivity contribution < 1.29 is 0 Å². The number of benzene rings is 1. The molecule has 0 saturated heterocycles. The zero-order valence-corrected chi connectivity index (χ0v) is 8.88. The van der Waals surface area contributed by atoms with E-state index in [4.69, 9.17) is 17.3 Å². The lowest BCUT2D eigenvalue weighted by atomic mass is 10.2. The van der Waals surface area contributed by atoms with E-state index in [0.29, 0.717) is 10.7 Å². The topological polar surface area (TPSA) is 53.8 Å². The van der Waals surface area contributed by atoms with Crippen LogP contribution >= 0.6 is 11.6 Å². The number of halogens is 1. The van der Waals surface area contributed by atoms with Gasteiger partial charge in [0.25, 0.3) is 0 Å². The van der Waals surface area contributed by atoms with E-state index < -0.39 is 0 Å². The van der Waals surface area contributed by atoms with Crippen LogP contribution in [0.1, 0.15) is 5.56 Å². The second-order valence-corrected chi connectivity index (χ2v) is 3.74. The first-order valence-electron chi connectivity index (χ1n) is 4.66. The largest absolute Gasteiger partial charge is 0.397 e. The Labute approximate surface area is 93.3 Å². The molecule has 0 aliphatic heterocycles. The molecule has 0 aliphatic carbocycles. The molecule has 0 radical (unpaired) electrons. The fraction of sp³-hybridized carbons (Fsp3) is 0.0909. The number of rotatable bonds is 3. The molecular formula is C11H12ClN3. The van der Waals surface area contributed by atoms with Crippen molar-refractivity contribution in [2.24, 2.45) is 0 Å². The Morgan fingerprint density at radius 3 is 2.87 bits per heavy atom. The lowest BCUT2D eigenvalue weighted by Crippen LogP contribution is -2.01. The highest BCUT2D eigenvalue weighted by molar-refractivity contribution is 6.31. The first-order chi connectivity index (χ1) is 7.25. The average Bonchev–Trinajstić information content (AvgIpc) is 2.69. The molecule has 3 nitrogen and oxygen atoms in total. The summed E-state index contributed by atoms with van der Waals surface area (Å²) >= 11 is 5.80. The summed E-state index contributed by atoms with van der Waals surface area (Å²) in [6, 6.07) is 7.45. The average molecular weight is 222 g/mol. The fourth-order valence-electron chi connectivity index (χ4n) is 1.36. The summed E-state index contributed by atoms with van der Waals surface area (Å²) in [4.78, 5) is 3.00. The van der Waals surface area contributed by atoms with E-state index in [9.17, 15) is 0 Å². The maximum absolute atomic E-state index is 5.81. The minimum absolute atomic E-state index is 0.652. The van der Waals surface area contributed by atoms with Crippen LogP contribution in [0.5, 0.6) is 0 Å². The maximum Gasteiger partial charge on any atom is 0.0577 e. The third kappa shape index (κ3) is 2.44. The van der Waals surface area contributed by atoms with Gasteiger partial charge in [0.2, 0.25) is 0 Å². The molecule has 0 amide bonds. The summed E-state index contributed by atoms with van der Waals surface area (Å²) in [5.74, 6) is 0. The van der Waals surface area contributed by atoms with Crippen LogP contribution in [0.4, 0.5) is 11.4 Å². The molecule has 0 aliphatic rings. The minimum atomic E-state index is 0.652. The molecule has 78 valence electrons. The van der Waals surface area contributed by atoms with E-state index >= 15 is 0 Å². The van der Waals surface area contributed by atoms with Crippen molar-refractivity contribution in [1.29, 1.82) is 0 Å². The van der Waals surface area contributed by atoms with Crippen LogP contribution in [-0.2, 0) is 6.54 Å². The van der Waals surface area contributed by atoms with E-state index in [1.54, 1.807) is 6.07 Å². The Bertz CT molecular complexity index is 437. The molecular weight excluding hydrogens is 210 g/mol. The molecule has 0 unspecified atom stereocenters. The van der Waals surface area contributed by atoms with Crippen LogP contribution in [0, 0.1) is 0 Å². The number of hydrogen-bond acceptors (Lipinski definition) is 2. The van der Waals surface area contributed by atoms with Gasteiger partial charge in [-0.3, -0.25) is 0 Å². The van der Waals surface area contributed by atoms with Crippen molar-refractivity contribution in [3.63, 3.8) is 0 Å². The van der Waals surface area contributed by atoms with Gasteiger partial charge in [-0.2, -0.15) is 0 Å². The third-order valence-electron chi connectivity index (χ3n) is 2.16. The normalized spacial score (nSPS) is 10.2. The standard InChI is InChI=1S/C11H12ClN3/c12-9-1-2-11(10(13)5-9)15-7-8-3-4-14-6-8/h1-6,14-15H,7,13H2. The minimum Gasteiger partial charge on any atom is -0.397 e. The number of aromatic nitrogens is 1. The zero-order valence-electron chi connectivity index (χ0n) is 8.13. The Morgan fingerprint density at radius 2 is 2.20 bits per heavy atom. The number of hydrogen-bond donors (Lipinski definition) is 3. The summed E-state index contributed by atoms with van der Waals surface area (Å²) < 4.78 is 0. The van der Waals surface area contributed by atoms with Gasteiger partial charge in [0.15, 0.2) is 0 Å². The number of nitrogens with two attached hydrogens (primary N) is 1. The van der Waals surface area contributed by atoms with Gasteiger partial charge in [-0.1, -0.05) is 11.6 Å². The first-order valence-corrected chi connectivity index (χ1v) is 5.04. The van der Waals surface area contributed by atoms with Crippen molar-refractivity contribution in [3.05, 3.63) is 47.2 Å². The number of nitrogen functional groups attached to an aromatic ring is 1. The van der Waals surface area contributed by atoms with Crippen LogP contribution in [0.3, 0.4) is 0 Å². The van der Waals surface area contributed by atoms with E-state index in [1.165, 1.54) is 5.56 Å². The second-order valence-electron chi connectivity index (χ2n) is 3.30. The lowest BCUT2D eigenvalue weighted by molar-refractivity contribution is 1.15. The fourth-order valence-corrected chi connectivity index (χ4v) is 1.54. The molecule has 1 aromatic heterocycles. The van der Waals surface area contributed by atoms with Crippen LogP contribution < -0.4 is 11.1 Å². The van der Waals surface area contributed by atoms with Crippen molar-refractivity contribution in [3.8, 4) is 0 Å². The molecule has 0 spiro atoms. The number of nitrogens with one attached hydrogen (secondary N) is 2. The summed E-state index contributed by atoms with van der Waals surface area (Å²) in [5.41, 5.74) is 8.56. The van der Waals surface area contributed by atoms with Gasteiger partial charge in [0.05, 0.1) is 11.4 Å². The lowest BCUT2D eigenvalue weighted by Gasteiger charge is -2.08. The predicted octanol–water partition coefficient (Wildman–Crippen LogP) is 2.86. The molecule has 0 saturated carbocycles. The van der Waals surface area contributed by atoms with E-state index in [-0.39, 0.29) is 0 Å². The molecule has 0 atom stereocenters. The molecule has 4 heteroatoms. The Balaban J connectivity index is 2.05. The Kier molecular flexibility index (Phi) is 2.83. The van der Waals surface area contributed by atoms with Crippen LogP contribution in [-0.4, -0.2) is 4.98 Å². The molecule has 1 aromatic carbocycles. The summed E-state index contributed by atoms with van der Waals surface area (Å²) in [6.07, 6.45) is 3.83. The van der Waals surface area contributed by atoms with E-state index in [1.807, 2.05) is 30.6 Å². The molecule has 4 N–H and O–H groups in total. The van der Waals surface area contributed by atoms with Gasteiger partial charge in [0, 0.05) is 24.0 Å². The molecule has 15 heavy (non-hydrogen) atoms. The highest BCUT2D eigenvalue weighted by Crippen LogP contribution is 2.22. The van der Waals surface area contributed by atoms with Crippen molar-refractivity contribution in [1.82, 2.24) is 4.98 Å². The van der Waals surface area contributed by atoms with E-state index in [2.05, 4.69) is 10.3 Å². The predicted molar refractivity (Wildman–Crippen MR) is 64.0 cm³/mol. The van der Waals surface area contributed by atoms with Crippen molar-refractivity contribution in [2.75, 3.05) is 11.1 Å². The number of aromatic amines is 1. The molecule has 0 fully saturated rings. The smallest absolute Gasteiger partial charge is 0.0577 e. The third-order valence-corrected chi connectivity index (χ3v) is 2.39. The molecule has 1 heterocycles. The Morgan fingerprint density at radius 1 is 1.33 bits per heavy atom. The molecule has 2 rings (SSSR count). The van der Waals surface area contributed by atoms with Gasteiger partial charge in [-0.25, -0.2) is 0 Å². The number of H-pyrrole nitrogens is 1. The second kappa shape index (κ2) is 4.28. The molecule has 0 bridgehead atoms. The van der Waals surface area contributed by atoms with Gasteiger partial charge < -0.3 is 16.0 Å². The summed E-state index contributed by atoms with van der Waals surface area (Å²) in [6.45, 7) is 0.745. The van der Waals surface area contributed by atoms with Crippen LogP contribution in [0.15, 0.2) is 36.7 Å². The van der Waals surface area contributed by atoms with Crippen LogP contribution in [0.25, 0.3) is 0 Å². The van der Waals surface area contributed by atoms with Crippen molar-refractivity contribution >= 4 is 23.0 Å². The van der Waals surface area contributed by atoms with Gasteiger partial charge in [-0.05, 0) is 29.8 Å². The SMILES string of the molecule is Nc1cc(Cl)ccc1NCc1cc[nH]c1. The van der Waals surface area contributed by atoms with E-state index in [0.717, 1.165) is 12.2 Å². The van der Waals surface area contributed by atoms with Gasteiger partial charge in [-0.15, -0.1) is 0 Å². The highest BCUT2D eigenvalue weighted by Gasteiger charge is 1.99. The quantitative estimate of drug-likeness (QED) is 0.698. The Hall–Kier alpha value is -1.61.